The molecule has 1 heterocycles. The molecule has 2 rings (SSSR count). The van der Waals surface area contributed by atoms with Gasteiger partial charge in [0.05, 0.1) is 0 Å². The Morgan fingerprint density at radius 1 is 1.18 bits per heavy atom. The summed E-state index contributed by atoms with van der Waals surface area (Å²) in [7, 11) is 0. The molecule has 0 unspecified atom stereocenters. The third kappa shape index (κ3) is 3.44. The van der Waals surface area contributed by atoms with Gasteiger partial charge in [0.15, 0.2) is 0 Å². The fourth-order valence-electron chi connectivity index (χ4n) is 3.10. The molecule has 1 N–H and O–H groups in total. The summed E-state index contributed by atoms with van der Waals surface area (Å²) < 4.78 is 0. The van der Waals surface area contributed by atoms with E-state index in [1.807, 2.05) is 0 Å². The topological polar surface area (TPSA) is 32.3 Å². The molecule has 3 heteroatoms. The van der Waals surface area contributed by atoms with Crippen LogP contribution in [0.4, 0.5) is 0 Å². The van der Waals surface area contributed by atoms with E-state index in [2.05, 4.69) is 24.1 Å². The van der Waals surface area contributed by atoms with E-state index in [0.717, 1.165) is 38.9 Å². The van der Waals surface area contributed by atoms with Crippen molar-refractivity contribution in [1.82, 2.24) is 10.2 Å². The van der Waals surface area contributed by atoms with Gasteiger partial charge in [0.1, 0.15) is 0 Å². The minimum absolute atomic E-state index is 0.0703. The van der Waals surface area contributed by atoms with Gasteiger partial charge in [0.2, 0.25) is 5.91 Å². The molecule has 0 aromatic rings. The summed E-state index contributed by atoms with van der Waals surface area (Å²) in [5.41, 5.74) is 0.0703. The van der Waals surface area contributed by atoms with Crippen LogP contribution in [0.1, 0.15) is 52.4 Å². The molecule has 0 aromatic carbocycles. The molecule has 0 atom stereocenters. The lowest BCUT2D eigenvalue weighted by atomic mass is 9.88. The van der Waals surface area contributed by atoms with E-state index in [9.17, 15) is 4.79 Å². The summed E-state index contributed by atoms with van der Waals surface area (Å²) in [6, 6.07) is 0. The van der Waals surface area contributed by atoms with Gasteiger partial charge in [-0.05, 0) is 39.7 Å². The van der Waals surface area contributed by atoms with Gasteiger partial charge in [-0.15, -0.1) is 0 Å². The molecule has 0 spiro atoms. The molecule has 0 aromatic heterocycles. The molecular formula is C14H26N2O. The lowest BCUT2D eigenvalue weighted by Crippen LogP contribution is -2.49. The molecule has 1 amide bonds. The van der Waals surface area contributed by atoms with Crippen molar-refractivity contribution in [2.45, 2.75) is 57.9 Å². The maximum absolute atomic E-state index is 12.5. The minimum Gasteiger partial charge on any atom is -0.341 e. The van der Waals surface area contributed by atoms with Gasteiger partial charge < -0.3 is 10.2 Å². The average molecular weight is 238 g/mol. The Kier molecular flexibility index (Phi) is 4.08. The Balaban J connectivity index is 1.97. The van der Waals surface area contributed by atoms with Crippen molar-refractivity contribution >= 4 is 5.91 Å². The number of amides is 1. The van der Waals surface area contributed by atoms with Crippen molar-refractivity contribution in [3.05, 3.63) is 0 Å². The molecule has 0 radical (unpaired) electrons. The van der Waals surface area contributed by atoms with Gasteiger partial charge >= 0.3 is 0 Å². The van der Waals surface area contributed by atoms with Crippen molar-refractivity contribution in [3.63, 3.8) is 0 Å². The van der Waals surface area contributed by atoms with E-state index in [4.69, 9.17) is 0 Å². The summed E-state index contributed by atoms with van der Waals surface area (Å²) in [6.45, 7) is 7.22. The zero-order valence-electron chi connectivity index (χ0n) is 11.3. The van der Waals surface area contributed by atoms with Crippen molar-refractivity contribution in [2.75, 3.05) is 19.6 Å². The first-order valence-electron chi connectivity index (χ1n) is 7.12. The van der Waals surface area contributed by atoms with Crippen molar-refractivity contribution in [2.24, 2.45) is 5.92 Å². The Bertz CT molecular complexity index is 269. The second-order valence-corrected chi connectivity index (χ2v) is 6.26. The zero-order valence-corrected chi connectivity index (χ0v) is 11.3. The molecule has 2 fully saturated rings. The molecular weight excluding hydrogens is 212 g/mol. The highest BCUT2D eigenvalue weighted by Crippen LogP contribution is 2.26. The summed E-state index contributed by atoms with van der Waals surface area (Å²) >= 11 is 0. The lowest BCUT2D eigenvalue weighted by molar-refractivity contribution is -0.137. The third-order valence-electron chi connectivity index (χ3n) is 4.06. The maximum Gasteiger partial charge on any atom is 0.225 e. The van der Waals surface area contributed by atoms with Crippen LogP contribution in [0.25, 0.3) is 0 Å². The molecule has 1 saturated heterocycles. The highest BCUT2D eigenvalue weighted by atomic mass is 16.2. The van der Waals surface area contributed by atoms with Crippen LogP contribution in [0.3, 0.4) is 0 Å². The fourth-order valence-corrected chi connectivity index (χ4v) is 3.10. The smallest absolute Gasteiger partial charge is 0.225 e. The molecule has 3 nitrogen and oxygen atoms in total. The van der Waals surface area contributed by atoms with Crippen molar-refractivity contribution in [3.8, 4) is 0 Å². The van der Waals surface area contributed by atoms with Gasteiger partial charge in [0, 0.05) is 24.5 Å². The van der Waals surface area contributed by atoms with Crippen LogP contribution in [-0.4, -0.2) is 36.0 Å². The number of hydrogen-bond donors (Lipinski definition) is 1. The van der Waals surface area contributed by atoms with E-state index in [1.165, 1.54) is 19.3 Å². The van der Waals surface area contributed by atoms with Gasteiger partial charge in [-0.25, -0.2) is 0 Å². The second kappa shape index (κ2) is 5.38. The molecule has 1 saturated carbocycles. The van der Waals surface area contributed by atoms with E-state index < -0.39 is 0 Å². The first-order chi connectivity index (χ1) is 8.08. The number of nitrogens with zero attached hydrogens (tertiary/aromatic N) is 1. The maximum atomic E-state index is 12.5. The molecule has 98 valence electrons. The first kappa shape index (κ1) is 12.9. The monoisotopic (exact) mass is 238 g/mol. The summed E-state index contributed by atoms with van der Waals surface area (Å²) in [5.74, 6) is 0.735. The van der Waals surface area contributed by atoms with E-state index >= 15 is 0 Å². The predicted molar refractivity (Wildman–Crippen MR) is 69.9 cm³/mol. The highest BCUT2D eigenvalue weighted by molar-refractivity contribution is 5.79. The number of nitrogens with one attached hydrogen (secondary N) is 1. The average Bonchev–Trinajstić information content (AvgIpc) is 2.50. The SMILES string of the molecule is CC1(C)CN(C(=O)C2CCCCC2)CCCN1. The van der Waals surface area contributed by atoms with Crippen LogP contribution in [0.2, 0.25) is 0 Å². The first-order valence-corrected chi connectivity index (χ1v) is 7.12. The van der Waals surface area contributed by atoms with Crippen molar-refractivity contribution < 1.29 is 4.79 Å². The molecule has 17 heavy (non-hydrogen) atoms. The standard InChI is InChI=1S/C14H26N2O/c1-14(2)11-16(10-6-9-15-14)13(17)12-7-4-3-5-8-12/h12,15H,3-11H2,1-2H3. The van der Waals surface area contributed by atoms with E-state index in [-0.39, 0.29) is 5.54 Å². The summed E-state index contributed by atoms with van der Waals surface area (Å²) in [6.07, 6.45) is 7.11. The second-order valence-electron chi connectivity index (χ2n) is 6.26. The Hall–Kier alpha value is -0.570. The van der Waals surface area contributed by atoms with Crippen molar-refractivity contribution in [1.29, 1.82) is 0 Å². The number of hydrogen-bond acceptors (Lipinski definition) is 2. The van der Waals surface area contributed by atoms with Gasteiger partial charge in [-0.2, -0.15) is 0 Å². The van der Waals surface area contributed by atoms with Crippen LogP contribution < -0.4 is 5.32 Å². The normalized spacial score (nSPS) is 26.6. The third-order valence-corrected chi connectivity index (χ3v) is 4.06. The van der Waals surface area contributed by atoms with E-state index in [0.29, 0.717) is 11.8 Å². The number of carbonyl (C=O) groups excluding carboxylic acids is 1. The Morgan fingerprint density at radius 2 is 1.88 bits per heavy atom. The lowest BCUT2D eigenvalue weighted by Gasteiger charge is -2.33. The molecule has 2 aliphatic rings. The van der Waals surface area contributed by atoms with Gasteiger partial charge in [-0.3, -0.25) is 4.79 Å². The van der Waals surface area contributed by atoms with Crippen LogP contribution in [0, 0.1) is 5.92 Å². The zero-order chi connectivity index (χ0) is 12.3. The minimum atomic E-state index is 0.0703. The molecule has 1 aliphatic heterocycles. The quantitative estimate of drug-likeness (QED) is 0.759. The van der Waals surface area contributed by atoms with Gasteiger partial charge in [-0.1, -0.05) is 19.3 Å². The van der Waals surface area contributed by atoms with Crippen LogP contribution in [-0.2, 0) is 4.79 Å². The number of rotatable bonds is 1. The largest absolute Gasteiger partial charge is 0.341 e. The summed E-state index contributed by atoms with van der Waals surface area (Å²) in [4.78, 5) is 14.6. The summed E-state index contributed by atoms with van der Waals surface area (Å²) in [5, 5.41) is 3.51. The predicted octanol–water partition coefficient (Wildman–Crippen LogP) is 2.17. The molecule has 0 bridgehead atoms. The Morgan fingerprint density at radius 3 is 2.59 bits per heavy atom. The molecule has 1 aliphatic carbocycles. The van der Waals surface area contributed by atoms with Crippen LogP contribution in [0.15, 0.2) is 0 Å². The van der Waals surface area contributed by atoms with Crippen LogP contribution in [0.5, 0.6) is 0 Å². The van der Waals surface area contributed by atoms with Crippen LogP contribution >= 0.6 is 0 Å². The fraction of sp³-hybridized carbons (Fsp3) is 0.929. The van der Waals surface area contributed by atoms with Gasteiger partial charge in [0.25, 0.3) is 0 Å². The highest BCUT2D eigenvalue weighted by Gasteiger charge is 2.31. The number of carbonyl (C=O) groups is 1. The Labute approximate surface area is 105 Å². The van der Waals surface area contributed by atoms with E-state index in [1.54, 1.807) is 0 Å².